The van der Waals surface area contributed by atoms with Crippen LogP contribution >= 0.6 is 0 Å². The molecule has 172 valence electrons. The van der Waals surface area contributed by atoms with Gasteiger partial charge in [-0.15, -0.1) is 0 Å². The van der Waals surface area contributed by atoms with Crippen LogP contribution in [0.4, 0.5) is 5.82 Å². The van der Waals surface area contributed by atoms with Crippen molar-refractivity contribution >= 4 is 11.8 Å². The van der Waals surface area contributed by atoms with Crippen molar-refractivity contribution in [3.63, 3.8) is 0 Å². The van der Waals surface area contributed by atoms with Gasteiger partial charge in [0.15, 0.2) is 0 Å². The summed E-state index contributed by atoms with van der Waals surface area (Å²) in [6, 6.07) is 11.3. The largest absolute Gasteiger partial charge is 0.496 e. The maximum atomic E-state index is 12.1. The van der Waals surface area contributed by atoms with Crippen LogP contribution in [0.3, 0.4) is 0 Å². The van der Waals surface area contributed by atoms with Crippen molar-refractivity contribution in [3.05, 3.63) is 53.2 Å². The summed E-state index contributed by atoms with van der Waals surface area (Å²) in [5.41, 5.74) is 3.28. The number of hydrogen-bond donors (Lipinski definition) is 2. The van der Waals surface area contributed by atoms with Crippen LogP contribution in [0.2, 0.25) is 0 Å². The van der Waals surface area contributed by atoms with Crippen LogP contribution in [0, 0.1) is 5.92 Å². The molecule has 2 atom stereocenters. The van der Waals surface area contributed by atoms with E-state index in [1.165, 1.54) is 30.5 Å². The molecular formula is C26H35N3O3. The highest BCUT2D eigenvalue weighted by Gasteiger charge is 2.34. The number of hydrogen-bond acceptors (Lipinski definition) is 5. The van der Waals surface area contributed by atoms with Crippen molar-refractivity contribution in [3.8, 4) is 5.75 Å². The minimum atomic E-state index is -0.804. The zero-order chi connectivity index (χ0) is 22.3. The third-order valence-corrected chi connectivity index (χ3v) is 6.85. The van der Waals surface area contributed by atoms with Gasteiger partial charge in [-0.1, -0.05) is 37.1 Å². The van der Waals surface area contributed by atoms with Crippen LogP contribution in [0.15, 0.2) is 36.4 Å². The standard InChI is InChI=1S/C26H35N3O3/c1-32-23-12-6-5-11-22(23)24(26(30)31)29-17-15-19(18-29)8-3-2-4-10-21-14-13-20-9-7-16-27-25(20)28-21/h5-6,11-14,19,24H,2-4,7-10,15-18H2,1H3,(H,27,28)(H,30,31)/t19-,24+/m1/s1. The number of methoxy groups -OCH3 is 1. The van der Waals surface area contributed by atoms with E-state index in [4.69, 9.17) is 9.72 Å². The Labute approximate surface area is 191 Å². The molecule has 6 nitrogen and oxygen atoms in total. The fourth-order valence-corrected chi connectivity index (χ4v) is 5.13. The van der Waals surface area contributed by atoms with Gasteiger partial charge in [0.2, 0.25) is 0 Å². The Balaban J connectivity index is 1.22. The van der Waals surface area contributed by atoms with Crippen LogP contribution in [0.5, 0.6) is 5.75 Å². The fraction of sp³-hybridized carbons (Fsp3) is 0.538. The number of aryl methyl sites for hydroxylation is 2. The van der Waals surface area contributed by atoms with E-state index in [-0.39, 0.29) is 0 Å². The first-order chi connectivity index (χ1) is 15.7. The molecule has 0 unspecified atom stereocenters. The minimum Gasteiger partial charge on any atom is -0.496 e. The summed E-state index contributed by atoms with van der Waals surface area (Å²) in [6.07, 6.45) is 9.12. The minimum absolute atomic E-state index is 0.567. The highest BCUT2D eigenvalue weighted by atomic mass is 16.5. The number of pyridine rings is 1. The first-order valence-corrected chi connectivity index (χ1v) is 12.0. The number of rotatable bonds is 10. The van der Waals surface area contributed by atoms with Crippen LogP contribution in [-0.4, -0.2) is 47.7 Å². The van der Waals surface area contributed by atoms with Crippen LogP contribution in [0.1, 0.15) is 61.4 Å². The predicted octanol–water partition coefficient (Wildman–Crippen LogP) is 4.70. The van der Waals surface area contributed by atoms with E-state index in [2.05, 4.69) is 22.3 Å². The van der Waals surface area contributed by atoms with Crippen molar-refractivity contribution in [1.29, 1.82) is 0 Å². The number of nitrogens with zero attached hydrogens (tertiary/aromatic N) is 2. The summed E-state index contributed by atoms with van der Waals surface area (Å²) in [4.78, 5) is 19.0. The predicted molar refractivity (Wildman–Crippen MR) is 126 cm³/mol. The number of carboxylic acids is 1. The number of benzene rings is 1. The summed E-state index contributed by atoms with van der Waals surface area (Å²) in [5.74, 6) is 1.50. The van der Waals surface area contributed by atoms with Gasteiger partial charge in [0.1, 0.15) is 17.6 Å². The Morgan fingerprint density at radius 1 is 1.25 bits per heavy atom. The molecule has 0 radical (unpaired) electrons. The molecule has 6 heteroatoms. The quantitative estimate of drug-likeness (QED) is 0.525. The normalized spacial score (nSPS) is 19.2. The van der Waals surface area contributed by atoms with Crippen LogP contribution in [0.25, 0.3) is 0 Å². The molecular weight excluding hydrogens is 402 g/mol. The molecule has 2 aliphatic heterocycles. The zero-order valence-electron chi connectivity index (χ0n) is 19.1. The molecule has 2 aromatic rings. The summed E-state index contributed by atoms with van der Waals surface area (Å²) in [7, 11) is 1.60. The van der Waals surface area contributed by atoms with Gasteiger partial charge in [-0.3, -0.25) is 9.69 Å². The fourth-order valence-electron chi connectivity index (χ4n) is 5.13. The van der Waals surface area contributed by atoms with Crippen molar-refractivity contribution in [2.24, 2.45) is 5.92 Å². The average Bonchev–Trinajstić information content (AvgIpc) is 3.27. The van der Waals surface area contributed by atoms with E-state index >= 15 is 0 Å². The maximum Gasteiger partial charge on any atom is 0.325 e. The summed E-state index contributed by atoms with van der Waals surface area (Å²) in [5, 5.41) is 13.3. The van der Waals surface area contributed by atoms with Gasteiger partial charge in [-0.25, -0.2) is 4.98 Å². The van der Waals surface area contributed by atoms with E-state index in [1.807, 2.05) is 24.3 Å². The molecule has 3 heterocycles. The van der Waals surface area contributed by atoms with E-state index in [0.29, 0.717) is 11.7 Å². The monoisotopic (exact) mass is 437 g/mol. The molecule has 1 aromatic carbocycles. The number of likely N-dealkylation sites (tertiary alicyclic amines) is 1. The average molecular weight is 438 g/mol. The third-order valence-electron chi connectivity index (χ3n) is 6.85. The van der Waals surface area contributed by atoms with Gasteiger partial charge < -0.3 is 15.2 Å². The molecule has 2 N–H and O–H groups in total. The second kappa shape index (κ2) is 10.8. The number of nitrogens with one attached hydrogen (secondary N) is 1. The van der Waals surface area contributed by atoms with Crippen molar-refractivity contribution in [2.75, 3.05) is 32.1 Å². The third kappa shape index (κ3) is 5.41. The summed E-state index contributed by atoms with van der Waals surface area (Å²) >= 11 is 0. The first-order valence-electron chi connectivity index (χ1n) is 12.0. The van der Waals surface area contributed by atoms with Crippen LogP contribution < -0.4 is 10.1 Å². The molecule has 0 aliphatic carbocycles. The lowest BCUT2D eigenvalue weighted by Gasteiger charge is -2.26. The molecule has 0 saturated carbocycles. The van der Waals surface area contributed by atoms with Gasteiger partial charge in [0, 0.05) is 24.3 Å². The molecule has 32 heavy (non-hydrogen) atoms. The number of carboxylic acid groups (broad SMARTS) is 1. The molecule has 1 fully saturated rings. The Morgan fingerprint density at radius 3 is 2.97 bits per heavy atom. The Morgan fingerprint density at radius 2 is 2.12 bits per heavy atom. The number of ether oxygens (including phenoxy) is 1. The molecule has 0 amide bonds. The molecule has 2 aliphatic rings. The van der Waals surface area contributed by atoms with E-state index in [0.717, 1.165) is 63.1 Å². The lowest BCUT2D eigenvalue weighted by atomic mass is 9.99. The number of carbonyl (C=O) groups is 1. The second-order valence-electron chi connectivity index (χ2n) is 9.07. The lowest BCUT2D eigenvalue weighted by molar-refractivity contribution is -0.143. The van der Waals surface area contributed by atoms with Gasteiger partial charge in [-0.05, 0) is 68.7 Å². The molecule has 1 saturated heterocycles. The maximum absolute atomic E-state index is 12.1. The van der Waals surface area contributed by atoms with Crippen molar-refractivity contribution < 1.29 is 14.6 Å². The smallest absolute Gasteiger partial charge is 0.325 e. The number of aliphatic carboxylic acids is 1. The highest BCUT2D eigenvalue weighted by molar-refractivity contribution is 5.76. The number of aromatic nitrogens is 1. The first kappa shape index (κ1) is 22.6. The highest BCUT2D eigenvalue weighted by Crippen LogP contribution is 2.34. The molecule has 1 aromatic heterocycles. The topological polar surface area (TPSA) is 74.7 Å². The zero-order valence-corrected chi connectivity index (χ0v) is 19.1. The Hall–Kier alpha value is -2.60. The van der Waals surface area contributed by atoms with E-state index in [1.54, 1.807) is 7.11 Å². The second-order valence-corrected chi connectivity index (χ2v) is 9.07. The summed E-state index contributed by atoms with van der Waals surface area (Å²) < 4.78 is 5.42. The van der Waals surface area contributed by atoms with Crippen molar-refractivity contribution in [1.82, 2.24) is 9.88 Å². The van der Waals surface area contributed by atoms with Crippen molar-refractivity contribution in [2.45, 2.75) is 57.4 Å². The molecule has 0 bridgehead atoms. The SMILES string of the molecule is COc1ccccc1[C@@H](C(=O)O)N1CC[C@@H](CCCCCc2ccc3c(n2)NCCC3)C1. The number of anilines is 1. The van der Waals surface area contributed by atoms with E-state index < -0.39 is 12.0 Å². The van der Waals surface area contributed by atoms with E-state index in [9.17, 15) is 9.90 Å². The number of para-hydroxylation sites is 1. The summed E-state index contributed by atoms with van der Waals surface area (Å²) in [6.45, 7) is 2.69. The Bertz CT molecular complexity index is 917. The van der Waals surface area contributed by atoms with Gasteiger partial charge >= 0.3 is 5.97 Å². The lowest BCUT2D eigenvalue weighted by Crippen LogP contribution is -2.32. The van der Waals surface area contributed by atoms with Crippen LogP contribution in [-0.2, 0) is 17.6 Å². The molecule has 4 rings (SSSR count). The Kier molecular flexibility index (Phi) is 7.63. The van der Waals surface area contributed by atoms with Gasteiger partial charge in [0.25, 0.3) is 0 Å². The molecule has 0 spiro atoms. The number of fused-ring (bicyclic) bond motifs is 1. The van der Waals surface area contributed by atoms with Gasteiger partial charge in [0.05, 0.1) is 7.11 Å². The number of unbranched alkanes of at least 4 members (excludes halogenated alkanes) is 2. The van der Waals surface area contributed by atoms with Gasteiger partial charge in [-0.2, -0.15) is 0 Å².